The van der Waals surface area contributed by atoms with Crippen molar-refractivity contribution in [3.8, 4) is 0 Å². The third-order valence-electron chi connectivity index (χ3n) is 2.62. The first-order valence-electron chi connectivity index (χ1n) is 6.14. The van der Waals surface area contributed by atoms with Crippen molar-refractivity contribution in [2.24, 2.45) is 0 Å². The molecule has 4 nitrogen and oxygen atoms in total. The van der Waals surface area contributed by atoms with Gasteiger partial charge in [-0.2, -0.15) is 0 Å². The van der Waals surface area contributed by atoms with E-state index in [1.54, 1.807) is 36.4 Å². The molecule has 0 unspecified atom stereocenters. The maximum absolute atomic E-state index is 11.8. The van der Waals surface area contributed by atoms with Gasteiger partial charge in [-0.05, 0) is 30.3 Å². The molecule has 22 heavy (non-hydrogen) atoms. The number of esters is 1. The van der Waals surface area contributed by atoms with Gasteiger partial charge >= 0.3 is 5.97 Å². The first kappa shape index (κ1) is 16.6. The molecule has 0 aromatic heterocycles. The summed E-state index contributed by atoms with van der Waals surface area (Å²) in [5, 5.41) is 3.45. The van der Waals surface area contributed by atoms with Crippen molar-refractivity contribution in [3.63, 3.8) is 0 Å². The lowest BCUT2D eigenvalue weighted by Gasteiger charge is -2.09. The van der Waals surface area contributed by atoms with Crippen LogP contribution in [0.1, 0.15) is 10.4 Å². The Morgan fingerprint density at radius 1 is 1.05 bits per heavy atom. The molecule has 0 aliphatic carbocycles. The number of ether oxygens (including phenoxy) is 1. The standard InChI is InChI=1S/C15H10Cl3NO3/c16-10-4-1-3-9(7-10)15(21)22-8-13(20)19-12-6-2-5-11(17)14(12)18/h1-7H,8H2,(H,19,20). The fraction of sp³-hybridized carbons (Fsp3) is 0.0667. The highest BCUT2D eigenvalue weighted by Gasteiger charge is 2.12. The highest BCUT2D eigenvalue weighted by atomic mass is 35.5. The SMILES string of the molecule is O=C(COC(=O)c1cccc(Cl)c1)Nc1cccc(Cl)c1Cl. The molecule has 0 spiro atoms. The minimum atomic E-state index is -0.644. The van der Waals surface area contributed by atoms with Gasteiger partial charge in [0.25, 0.3) is 5.91 Å². The fourth-order valence-corrected chi connectivity index (χ4v) is 2.15. The molecule has 1 amide bonds. The molecular formula is C15H10Cl3NO3. The van der Waals surface area contributed by atoms with E-state index in [1.165, 1.54) is 6.07 Å². The summed E-state index contributed by atoms with van der Waals surface area (Å²) in [7, 11) is 0. The van der Waals surface area contributed by atoms with Crippen LogP contribution in [0.15, 0.2) is 42.5 Å². The molecule has 2 rings (SSSR count). The molecule has 0 heterocycles. The molecule has 0 aliphatic heterocycles. The van der Waals surface area contributed by atoms with Gasteiger partial charge < -0.3 is 10.1 Å². The van der Waals surface area contributed by atoms with Gasteiger partial charge in [-0.3, -0.25) is 4.79 Å². The van der Waals surface area contributed by atoms with E-state index >= 15 is 0 Å². The van der Waals surface area contributed by atoms with Crippen molar-refractivity contribution in [2.45, 2.75) is 0 Å². The number of hydrogen-bond acceptors (Lipinski definition) is 3. The zero-order chi connectivity index (χ0) is 16.1. The Labute approximate surface area is 141 Å². The third-order valence-corrected chi connectivity index (χ3v) is 3.67. The van der Waals surface area contributed by atoms with E-state index in [-0.39, 0.29) is 10.6 Å². The summed E-state index contributed by atoms with van der Waals surface area (Å²) < 4.78 is 4.90. The highest BCUT2D eigenvalue weighted by molar-refractivity contribution is 6.44. The van der Waals surface area contributed by atoms with E-state index in [9.17, 15) is 9.59 Å². The van der Waals surface area contributed by atoms with Gasteiger partial charge in [-0.25, -0.2) is 4.79 Å². The molecule has 114 valence electrons. The van der Waals surface area contributed by atoms with E-state index in [1.807, 2.05) is 0 Å². The first-order valence-corrected chi connectivity index (χ1v) is 7.27. The van der Waals surface area contributed by atoms with Crippen LogP contribution in [0.2, 0.25) is 15.1 Å². The Hall–Kier alpha value is -1.75. The number of nitrogens with one attached hydrogen (secondary N) is 1. The van der Waals surface area contributed by atoms with E-state index < -0.39 is 18.5 Å². The maximum Gasteiger partial charge on any atom is 0.338 e. The lowest BCUT2D eigenvalue weighted by Crippen LogP contribution is -2.21. The normalized spacial score (nSPS) is 10.1. The lowest BCUT2D eigenvalue weighted by atomic mass is 10.2. The summed E-state index contributed by atoms with van der Waals surface area (Å²) in [4.78, 5) is 23.5. The van der Waals surface area contributed by atoms with Gasteiger partial charge in [0, 0.05) is 5.02 Å². The van der Waals surface area contributed by atoms with Crippen molar-refractivity contribution in [1.82, 2.24) is 0 Å². The number of benzene rings is 2. The largest absolute Gasteiger partial charge is 0.452 e. The predicted molar refractivity (Wildman–Crippen MR) is 86.8 cm³/mol. The summed E-state index contributed by atoms with van der Waals surface area (Å²) in [6.07, 6.45) is 0. The average molecular weight is 359 g/mol. The van der Waals surface area contributed by atoms with Crippen LogP contribution in [-0.2, 0) is 9.53 Å². The predicted octanol–water partition coefficient (Wildman–Crippen LogP) is 4.44. The molecule has 0 atom stereocenters. The van der Waals surface area contributed by atoms with Gasteiger partial charge in [-0.15, -0.1) is 0 Å². The molecule has 2 aromatic rings. The summed E-state index contributed by atoms with van der Waals surface area (Å²) in [5.74, 6) is -1.17. The Bertz CT molecular complexity index is 719. The maximum atomic E-state index is 11.8. The molecular weight excluding hydrogens is 349 g/mol. The van der Waals surface area contributed by atoms with Gasteiger partial charge in [0.1, 0.15) is 0 Å². The van der Waals surface area contributed by atoms with Crippen molar-refractivity contribution < 1.29 is 14.3 Å². The number of anilines is 1. The van der Waals surface area contributed by atoms with Gasteiger partial charge in [0.15, 0.2) is 6.61 Å². The van der Waals surface area contributed by atoms with Gasteiger partial charge in [-0.1, -0.05) is 46.9 Å². The number of carbonyl (C=O) groups is 2. The minimum absolute atomic E-state index is 0.221. The zero-order valence-corrected chi connectivity index (χ0v) is 13.4. The molecule has 1 N–H and O–H groups in total. The molecule has 2 aromatic carbocycles. The smallest absolute Gasteiger partial charge is 0.338 e. The zero-order valence-electron chi connectivity index (χ0n) is 11.1. The molecule has 0 saturated heterocycles. The van der Waals surface area contributed by atoms with Crippen LogP contribution in [0.5, 0.6) is 0 Å². The fourth-order valence-electron chi connectivity index (χ4n) is 1.62. The molecule has 0 fully saturated rings. The highest BCUT2D eigenvalue weighted by Crippen LogP contribution is 2.29. The number of carbonyl (C=O) groups excluding carboxylic acids is 2. The number of halogens is 3. The summed E-state index contributed by atoms with van der Waals surface area (Å²) in [6, 6.07) is 11.1. The molecule has 0 saturated carbocycles. The van der Waals surface area contributed by atoms with Crippen LogP contribution in [0, 0.1) is 0 Å². The minimum Gasteiger partial charge on any atom is -0.452 e. The van der Waals surface area contributed by atoms with E-state index in [0.29, 0.717) is 15.7 Å². The second-order valence-corrected chi connectivity index (χ2v) is 5.46. The quantitative estimate of drug-likeness (QED) is 0.822. The Kier molecular flexibility index (Phi) is 5.66. The second kappa shape index (κ2) is 7.49. The topological polar surface area (TPSA) is 55.4 Å². The summed E-state index contributed by atoms with van der Waals surface area (Å²) in [5.41, 5.74) is 0.610. The van der Waals surface area contributed by atoms with Crippen LogP contribution < -0.4 is 5.32 Å². The Morgan fingerprint density at radius 3 is 2.50 bits per heavy atom. The third kappa shape index (κ3) is 4.37. The molecule has 0 bridgehead atoms. The average Bonchev–Trinajstić information content (AvgIpc) is 2.49. The number of rotatable bonds is 4. The van der Waals surface area contributed by atoms with Crippen LogP contribution >= 0.6 is 34.8 Å². The van der Waals surface area contributed by atoms with Crippen LogP contribution in [0.3, 0.4) is 0 Å². The van der Waals surface area contributed by atoms with E-state index in [4.69, 9.17) is 39.5 Å². The second-order valence-electron chi connectivity index (χ2n) is 4.24. The first-order chi connectivity index (χ1) is 10.5. The molecule has 0 aliphatic rings. The van der Waals surface area contributed by atoms with E-state index in [2.05, 4.69) is 5.32 Å². The van der Waals surface area contributed by atoms with Crippen molar-refractivity contribution >= 4 is 52.4 Å². The van der Waals surface area contributed by atoms with Gasteiger partial charge in [0.05, 0.1) is 21.3 Å². The monoisotopic (exact) mass is 357 g/mol. The molecule has 0 radical (unpaired) electrons. The van der Waals surface area contributed by atoms with Crippen LogP contribution in [0.25, 0.3) is 0 Å². The van der Waals surface area contributed by atoms with Gasteiger partial charge in [0.2, 0.25) is 0 Å². The van der Waals surface area contributed by atoms with Crippen molar-refractivity contribution in [3.05, 3.63) is 63.1 Å². The lowest BCUT2D eigenvalue weighted by molar-refractivity contribution is -0.119. The van der Waals surface area contributed by atoms with Crippen LogP contribution in [-0.4, -0.2) is 18.5 Å². The van der Waals surface area contributed by atoms with Crippen LogP contribution in [0.4, 0.5) is 5.69 Å². The summed E-state index contributed by atoms with van der Waals surface area (Å²) in [6.45, 7) is -0.450. The molecule has 7 heteroatoms. The summed E-state index contributed by atoms with van der Waals surface area (Å²) >= 11 is 17.6. The van der Waals surface area contributed by atoms with Crippen molar-refractivity contribution in [2.75, 3.05) is 11.9 Å². The number of amides is 1. The number of hydrogen-bond donors (Lipinski definition) is 1. The van der Waals surface area contributed by atoms with E-state index in [0.717, 1.165) is 0 Å². The Balaban J connectivity index is 1.93. The van der Waals surface area contributed by atoms with Crippen molar-refractivity contribution in [1.29, 1.82) is 0 Å². The Morgan fingerprint density at radius 2 is 1.77 bits per heavy atom.